The Kier molecular flexibility index (Phi) is 10.6. The molecule has 0 spiro atoms. The SMILES string of the molecule is N#Cc1ccc(OC2CC3CCC(C2)N3C(=O)c2ccc(C#CC3CCN(C4CCN(c5cccc6c5C(=O)N(C5CCC(=O)NC5=O)C6=O)CC4)CC3)cc2)cc1Cl. The van der Waals surface area contributed by atoms with Gasteiger partial charge in [0.05, 0.1) is 27.4 Å². The van der Waals surface area contributed by atoms with E-state index in [1.54, 1.807) is 30.3 Å². The molecule has 3 atom stereocenters. The number of hydrogen-bond acceptors (Lipinski definition) is 9. The van der Waals surface area contributed by atoms with Gasteiger partial charge in [0.25, 0.3) is 17.7 Å². The van der Waals surface area contributed by atoms with Gasteiger partial charge in [-0.25, -0.2) is 0 Å². The third-order valence-electron chi connectivity index (χ3n) is 13.1. The Morgan fingerprint density at radius 2 is 1.54 bits per heavy atom. The molecule has 12 nitrogen and oxygen atoms in total. The number of halogens is 1. The van der Waals surface area contributed by atoms with Gasteiger partial charge in [-0.3, -0.25) is 34.2 Å². The highest BCUT2D eigenvalue weighted by Crippen LogP contribution is 2.39. The van der Waals surface area contributed by atoms with Gasteiger partial charge in [-0.05, 0) is 107 Å². The highest BCUT2D eigenvalue weighted by Gasteiger charge is 2.47. The summed E-state index contributed by atoms with van der Waals surface area (Å²) in [5, 5.41) is 11.8. The summed E-state index contributed by atoms with van der Waals surface area (Å²) >= 11 is 6.22. The van der Waals surface area contributed by atoms with E-state index in [1.807, 2.05) is 30.3 Å². The Morgan fingerprint density at radius 3 is 2.22 bits per heavy atom. The largest absolute Gasteiger partial charge is 0.490 e. The average Bonchev–Trinajstić information content (AvgIpc) is 3.67. The van der Waals surface area contributed by atoms with Gasteiger partial charge in [-0.1, -0.05) is 29.5 Å². The second kappa shape index (κ2) is 16.2. The highest BCUT2D eigenvalue weighted by atomic mass is 35.5. The minimum atomic E-state index is -0.982. The molecule has 9 rings (SSSR count). The van der Waals surface area contributed by atoms with Crippen molar-refractivity contribution in [3.05, 3.63) is 93.5 Å². The number of hydrogen-bond donors (Lipinski definition) is 1. The lowest BCUT2D eigenvalue weighted by molar-refractivity contribution is -0.136. The van der Waals surface area contributed by atoms with E-state index >= 15 is 0 Å². The molecule has 6 aliphatic heterocycles. The maximum Gasteiger partial charge on any atom is 0.264 e. The van der Waals surface area contributed by atoms with E-state index in [4.69, 9.17) is 21.6 Å². The topological polar surface area (TPSA) is 143 Å². The number of carbonyl (C=O) groups is 5. The summed E-state index contributed by atoms with van der Waals surface area (Å²) < 4.78 is 6.25. The number of amides is 5. The average molecular weight is 813 g/mol. The molecule has 0 aliphatic carbocycles. The number of anilines is 1. The number of benzene rings is 3. The van der Waals surface area contributed by atoms with Crippen LogP contribution in [0.25, 0.3) is 0 Å². The fourth-order valence-electron chi connectivity index (χ4n) is 10.1. The van der Waals surface area contributed by atoms with Crippen LogP contribution in [0.2, 0.25) is 5.02 Å². The zero-order valence-corrected chi connectivity index (χ0v) is 33.5. The molecule has 2 bridgehead atoms. The smallest absolute Gasteiger partial charge is 0.264 e. The van der Waals surface area contributed by atoms with Gasteiger partial charge in [0.1, 0.15) is 24.0 Å². The number of nitriles is 1. The molecule has 0 saturated carbocycles. The second-order valence-electron chi connectivity index (χ2n) is 16.6. The van der Waals surface area contributed by atoms with E-state index in [1.165, 1.54) is 0 Å². The monoisotopic (exact) mass is 812 g/mol. The first-order chi connectivity index (χ1) is 28.6. The minimum absolute atomic E-state index is 0.0102. The first kappa shape index (κ1) is 38.8. The van der Waals surface area contributed by atoms with Crippen LogP contribution in [0, 0.1) is 29.1 Å². The third kappa shape index (κ3) is 7.56. The Morgan fingerprint density at radius 1 is 0.814 bits per heavy atom. The fourth-order valence-corrected chi connectivity index (χ4v) is 10.3. The lowest BCUT2D eigenvalue weighted by Gasteiger charge is -2.42. The van der Waals surface area contributed by atoms with Crippen molar-refractivity contribution in [3.8, 4) is 23.7 Å². The van der Waals surface area contributed by atoms with Gasteiger partial charge in [-0.2, -0.15) is 5.26 Å². The Bertz CT molecular complexity index is 2300. The van der Waals surface area contributed by atoms with E-state index in [0.29, 0.717) is 45.0 Å². The molecule has 5 saturated heterocycles. The van der Waals surface area contributed by atoms with E-state index in [0.717, 1.165) is 93.7 Å². The molecular formula is C46H45ClN6O6. The van der Waals surface area contributed by atoms with Crippen LogP contribution in [0.1, 0.15) is 106 Å². The summed E-state index contributed by atoms with van der Waals surface area (Å²) in [6.07, 6.45) is 7.50. The van der Waals surface area contributed by atoms with Crippen molar-refractivity contribution in [1.29, 1.82) is 5.26 Å². The van der Waals surface area contributed by atoms with Crippen molar-refractivity contribution in [1.82, 2.24) is 20.0 Å². The highest BCUT2D eigenvalue weighted by molar-refractivity contribution is 6.31. The van der Waals surface area contributed by atoms with Gasteiger partial charge >= 0.3 is 0 Å². The van der Waals surface area contributed by atoms with Crippen LogP contribution in [0.3, 0.4) is 0 Å². The van der Waals surface area contributed by atoms with E-state index in [9.17, 15) is 24.0 Å². The van der Waals surface area contributed by atoms with Crippen LogP contribution in [0.4, 0.5) is 5.69 Å². The summed E-state index contributed by atoms with van der Waals surface area (Å²) in [5.41, 5.74) is 3.39. The molecule has 302 valence electrons. The normalized spacial score (nSPS) is 25.0. The molecule has 13 heteroatoms. The van der Waals surface area contributed by atoms with Gasteiger partial charge in [0.15, 0.2) is 0 Å². The van der Waals surface area contributed by atoms with Crippen molar-refractivity contribution in [2.45, 2.75) is 94.5 Å². The summed E-state index contributed by atoms with van der Waals surface area (Å²) in [7, 11) is 0. The molecule has 3 unspecified atom stereocenters. The summed E-state index contributed by atoms with van der Waals surface area (Å²) in [6.45, 7) is 3.44. The molecule has 59 heavy (non-hydrogen) atoms. The standard InChI is InChI=1S/C46H45ClN6O6/c47-38-26-35(13-10-31(38)27-48)59-36-24-33-11-12-34(25-36)52(33)44(56)30-8-6-28(7-9-30)4-5-29-16-20-50(21-17-29)32-18-22-51(23-19-32)39-3-1-2-37-42(39)46(58)53(45(37)57)40-14-15-41(54)49-43(40)55/h1-3,6-10,13,26,29,32-34,36,40H,11-12,14-25H2,(H,49,54,55). The number of nitrogens with one attached hydrogen (secondary N) is 1. The first-order valence-electron chi connectivity index (χ1n) is 20.8. The zero-order chi connectivity index (χ0) is 40.8. The quantitative estimate of drug-likeness (QED) is 0.250. The van der Waals surface area contributed by atoms with Gasteiger partial charge in [0.2, 0.25) is 11.8 Å². The molecule has 5 fully saturated rings. The Balaban J connectivity index is 0.747. The summed E-state index contributed by atoms with van der Waals surface area (Å²) in [5.74, 6) is 5.93. The number of carbonyl (C=O) groups excluding carboxylic acids is 5. The lowest BCUT2D eigenvalue weighted by Crippen LogP contribution is -2.54. The maximum atomic E-state index is 13.7. The van der Waals surface area contributed by atoms with Crippen LogP contribution >= 0.6 is 11.6 Å². The fraction of sp³-hybridized carbons (Fsp3) is 0.435. The number of ether oxygens (including phenoxy) is 1. The number of nitrogens with zero attached hydrogens (tertiary/aromatic N) is 5. The maximum absolute atomic E-state index is 13.7. The molecule has 3 aromatic carbocycles. The molecule has 6 heterocycles. The first-order valence-corrected chi connectivity index (χ1v) is 21.2. The predicted octanol–water partition coefficient (Wildman–Crippen LogP) is 5.56. The Labute approximate surface area is 348 Å². The van der Waals surface area contributed by atoms with Crippen LogP contribution in [-0.2, 0) is 9.59 Å². The van der Waals surface area contributed by atoms with Crippen molar-refractivity contribution >= 4 is 46.8 Å². The van der Waals surface area contributed by atoms with Crippen LogP contribution < -0.4 is 15.0 Å². The van der Waals surface area contributed by atoms with E-state index < -0.39 is 29.7 Å². The molecule has 0 radical (unpaired) electrons. The zero-order valence-electron chi connectivity index (χ0n) is 32.7. The third-order valence-corrected chi connectivity index (χ3v) is 13.5. The molecule has 0 aromatic heterocycles. The van der Waals surface area contributed by atoms with Crippen LogP contribution in [0.5, 0.6) is 5.75 Å². The van der Waals surface area contributed by atoms with Crippen LogP contribution in [-0.4, -0.2) is 101 Å². The van der Waals surface area contributed by atoms with Crippen molar-refractivity contribution in [3.63, 3.8) is 0 Å². The molecule has 5 amide bonds. The van der Waals surface area contributed by atoms with Gasteiger partial charge in [-0.15, -0.1) is 0 Å². The van der Waals surface area contributed by atoms with E-state index in [-0.39, 0.29) is 36.9 Å². The van der Waals surface area contributed by atoms with Crippen molar-refractivity contribution < 1.29 is 28.7 Å². The Hall–Kier alpha value is -5.69. The number of rotatable bonds is 6. The molecule has 6 aliphatic rings. The molecule has 1 N–H and O–H groups in total. The number of imide groups is 2. The predicted molar refractivity (Wildman–Crippen MR) is 219 cm³/mol. The van der Waals surface area contributed by atoms with Crippen molar-refractivity contribution in [2.24, 2.45) is 5.92 Å². The van der Waals surface area contributed by atoms with Crippen LogP contribution in [0.15, 0.2) is 60.7 Å². The number of likely N-dealkylation sites (tertiary alicyclic amines) is 1. The lowest BCUT2D eigenvalue weighted by atomic mass is 9.93. The van der Waals surface area contributed by atoms with E-state index in [2.05, 4.69) is 37.9 Å². The van der Waals surface area contributed by atoms with Gasteiger partial charge in [0, 0.05) is 73.6 Å². The second-order valence-corrected chi connectivity index (χ2v) is 17.0. The van der Waals surface area contributed by atoms with Gasteiger partial charge < -0.3 is 19.4 Å². The number of piperidine rings is 4. The molecular weight excluding hydrogens is 768 g/mol. The molecule has 3 aromatic rings. The number of fused-ring (bicyclic) bond motifs is 3. The summed E-state index contributed by atoms with van der Waals surface area (Å²) in [4.78, 5) is 72.8. The van der Waals surface area contributed by atoms with Crippen molar-refractivity contribution in [2.75, 3.05) is 31.1 Å². The minimum Gasteiger partial charge on any atom is -0.490 e. The summed E-state index contributed by atoms with van der Waals surface area (Å²) in [6, 6.07) is 19.9.